The second-order valence-electron chi connectivity index (χ2n) is 5.34. The maximum absolute atomic E-state index is 4.25. The van der Waals surface area contributed by atoms with Crippen LogP contribution in [0.1, 0.15) is 37.4 Å². The van der Waals surface area contributed by atoms with Gasteiger partial charge in [0.2, 0.25) is 0 Å². The monoisotopic (exact) mass is 220 g/mol. The van der Waals surface area contributed by atoms with Crippen molar-refractivity contribution < 1.29 is 0 Å². The van der Waals surface area contributed by atoms with Crippen LogP contribution in [0, 0.1) is 5.92 Å². The fraction of sp³-hybridized carbons (Fsp3) is 0.833. The first kappa shape index (κ1) is 10.3. The molecule has 0 spiro atoms. The zero-order valence-corrected chi connectivity index (χ0v) is 9.97. The summed E-state index contributed by atoms with van der Waals surface area (Å²) in [6.07, 6.45) is 7.30. The second-order valence-corrected chi connectivity index (χ2v) is 5.34. The van der Waals surface area contributed by atoms with Crippen LogP contribution in [0.5, 0.6) is 0 Å². The Kier molecular flexibility index (Phi) is 2.67. The number of likely N-dealkylation sites (tertiary alicyclic amines) is 1. The Morgan fingerprint density at radius 2 is 2.25 bits per heavy atom. The van der Waals surface area contributed by atoms with Gasteiger partial charge >= 0.3 is 0 Å². The van der Waals surface area contributed by atoms with Gasteiger partial charge in [-0.1, -0.05) is 0 Å². The van der Waals surface area contributed by atoms with Gasteiger partial charge < -0.3 is 9.47 Å². The Hall–Kier alpha value is -0.900. The Morgan fingerprint density at radius 3 is 2.94 bits per heavy atom. The third-order valence-electron chi connectivity index (χ3n) is 3.83. The molecule has 0 amide bonds. The summed E-state index contributed by atoms with van der Waals surface area (Å²) in [6, 6.07) is 0. The van der Waals surface area contributed by atoms with E-state index in [1.165, 1.54) is 51.1 Å². The molecule has 1 atom stereocenters. The molecule has 2 heterocycles. The van der Waals surface area contributed by atoms with Crippen LogP contribution in [-0.4, -0.2) is 39.3 Å². The summed E-state index contributed by atoms with van der Waals surface area (Å²) < 4.78 is 2.07. The van der Waals surface area contributed by atoms with E-state index in [1.54, 1.807) is 0 Å². The Balaban J connectivity index is 1.64. The number of nitrogens with zero attached hydrogens (tertiary/aromatic N) is 4. The van der Waals surface area contributed by atoms with Gasteiger partial charge in [0.1, 0.15) is 12.2 Å². The quantitative estimate of drug-likeness (QED) is 0.772. The van der Waals surface area contributed by atoms with E-state index in [-0.39, 0.29) is 0 Å². The summed E-state index contributed by atoms with van der Waals surface area (Å²) in [6.45, 7) is 3.78. The maximum atomic E-state index is 4.25. The number of aromatic nitrogens is 3. The molecule has 1 aliphatic carbocycles. The van der Waals surface area contributed by atoms with Gasteiger partial charge in [0.25, 0.3) is 0 Å². The molecule has 16 heavy (non-hydrogen) atoms. The molecule has 1 aliphatic heterocycles. The highest BCUT2D eigenvalue weighted by atomic mass is 15.3. The molecule has 4 heteroatoms. The summed E-state index contributed by atoms with van der Waals surface area (Å²) in [4.78, 5) is 2.63. The predicted molar refractivity (Wildman–Crippen MR) is 62.1 cm³/mol. The third kappa shape index (κ3) is 2.12. The van der Waals surface area contributed by atoms with Crippen molar-refractivity contribution >= 4 is 0 Å². The van der Waals surface area contributed by atoms with E-state index >= 15 is 0 Å². The van der Waals surface area contributed by atoms with Gasteiger partial charge in [0.05, 0.1) is 0 Å². The van der Waals surface area contributed by atoms with Gasteiger partial charge in [-0.25, -0.2) is 0 Å². The highest BCUT2D eigenvalue weighted by Crippen LogP contribution is 2.32. The average molecular weight is 220 g/mol. The van der Waals surface area contributed by atoms with Gasteiger partial charge in [-0.05, 0) is 38.1 Å². The molecule has 3 rings (SSSR count). The van der Waals surface area contributed by atoms with Crippen LogP contribution < -0.4 is 0 Å². The van der Waals surface area contributed by atoms with Crippen LogP contribution in [0.15, 0.2) is 6.33 Å². The van der Waals surface area contributed by atoms with Crippen molar-refractivity contribution in [3.05, 3.63) is 12.2 Å². The van der Waals surface area contributed by atoms with E-state index in [2.05, 4.69) is 26.7 Å². The van der Waals surface area contributed by atoms with E-state index in [4.69, 9.17) is 0 Å². The van der Waals surface area contributed by atoms with E-state index in [1.807, 2.05) is 6.33 Å². The van der Waals surface area contributed by atoms with Crippen molar-refractivity contribution in [2.24, 2.45) is 13.0 Å². The summed E-state index contributed by atoms with van der Waals surface area (Å²) in [5, 5.41) is 8.24. The SMILES string of the molecule is Cn1cnnc1[C@H]1CCCN(CC2CC2)C1. The normalized spacial score (nSPS) is 27.2. The number of piperidine rings is 1. The van der Waals surface area contributed by atoms with Crippen molar-refractivity contribution in [3.63, 3.8) is 0 Å². The predicted octanol–water partition coefficient (Wildman–Crippen LogP) is 1.40. The molecule has 0 N–H and O–H groups in total. The Bertz CT molecular complexity index is 356. The fourth-order valence-electron chi connectivity index (χ4n) is 2.76. The highest BCUT2D eigenvalue weighted by Gasteiger charge is 2.29. The van der Waals surface area contributed by atoms with Crippen LogP contribution in [0.3, 0.4) is 0 Å². The largest absolute Gasteiger partial charge is 0.320 e. The van der Waals surface area contributed by atoms with Crippen molar-refractivity contribution in [2.45, 2.75) is 31.6 Å². The van der Waals surface area contributed by atoms with Crippen molar-refractivity contribution in [2.75, 3.05) is 19.6 Å². The first-order valence-electron chi connectivity index (χ1n) is 6.39. The van der Waals surface area contributed by atoms with Gasteiger partial charge in [0, 0.05) is 26.1 Å². The van der Waals surface area contributed by atoms with Gasteiger partial charge in [-0.2, -0.15) is 0 Å². The number of hydrogen-bond acceptors (Lipinski definition) is 3. The molecular formula is C12H20N4. The number of rotatable bonds is 3. The summed E-state index contributed by atoms with van der Waals surface area (Å²) in [7, 11) is 2.05. The lowest BCUT2D eigenvalue weighted by Crippen LogP contribution is -2.36. The second kappa shape index (κ2) is 4.17. The first-order valence-corrected chi connectivity index (χ1v) is 6.39. The van der Waals surface area contributed by atoms with Crippen LogP contribution in [0.4, 0.5) is 0 Å². The molecule has 1 aromatic heterocycles. The summed E-state index contributed by atoms with van der Waals surface area (Å²) in [5.41, 5.74) is 0. The highest BCUT2D eigenvalue weighted by molar-refractivity contribution is 4.99. The van der Waals surface area contributed by atoms with E-state index in [0.29, 0.717) is 5.92 Å². The topological polar surface area (TPSA) is 34.0 Å². The molecule has 88 valence electrons. The molecule has 2 fully saturated rings. The number of aryl methyl sites for hydroxylation is 1. The minimum Gasteiger partial charge on any atom is -0.320 e. The molecule has 0 aromatic carbocycles. The minimum atomic E-state index is 0.597. The van der Waals surface area contributed by atoms with Crippen molar-refractivity contribution in [1.29, 1.82) is 0 Å². The van der Waals surface area contributed by atoms with E-state index in [9.17, 15) is 0 Å². The Labute approximate surface area is 96.7 Å². The Morgan fingerprint density at radius 1 is 1.38 bits per heavy atom. The molecule has 2 aliphatic rings. The van der Waals surface area contributed by atoms with E-state index in [0.717, 1.165) is 5.92 Å². The lowest BCUT2D eigenvalue weighted by Gasteiger charge is -2.32. The lowest BCUT2D eigenvalue weighted by atomic mass is 9.97. The lowest BCUT2D eigenvalue weighted by molar-refractivity contribution is 0.195. The number of hydrogen-bond donors (Lipinski definition) is 0. The van der Waals surface area contributed by atoms with Crippen LogP contribution >= 0.6 is 0 Å². The smallest absolute Gasteiger partial charge is 0.136 e. The molecule has 0 unspecified atom stereocenters. The van der Waals surface area contributed by atoms with Gasteiger partial charge in [-0.3, -0.25) is 0 Å². The first-order chi connectivity index (χ1) is 7.83. The van der Waals surface area contributed by atoms with E-state index < -0.39 is 0 Å². The third-order valence-corrected chi connectivity index (χ3v) is 3.83. The van der Waals surface area contributed by atoms with Crippen molar-refractivity contribution in [3.8, 4) is 0 Å². The zero-order chi connectivity index (χ0) is 11.0. The molecule has 1 aromatic rings. The van der Waals surface area contributed by atoms with Crippen LogP contribution in [-0.2, 0) is 7.05 Å². The zero-order valence-electron chi connectivity index (χ0n) is 9.97. The van der Waals surface area contributed by atoms with Gasteiger partial charge in [0.15, 0.2) is 0 Å². The molecule has 1 saturated carbocycles. The summed E-state index contributed by atoms with van der Waals surface area (Å²) >= 11 is 0. The molecule has 0 radical (unpaired) electrons. The molecule has 1 saturated heterocycles. The molecular weight excluding hydrogens is 200 g/mol. The summed E-state index contributed by atoms with van der Waals surface area (Å²) in [5.74, 6) is 2.76. The fourth-order valence-corrected chi connectivity index (χ4v) is 2.76. The van der Waals surface area contributed by atoms with Crippen LogP contribution in [0.2, 0.25) is 0 Å². The minimum absolute atomic E-state index is 0.597. The standard InChI is InChI=1S/C12H20N4/c1-15-9-13-14-12(15)11-3-2-6-16(8-11)7-10-4-5-10/h9-11H,2-8H2,1H3/t11-/m0/s1. The van der Waals surface area contributed by atoms with Crippen molar-refractivity contribution in [1.82, 2.24) is 19.7 Å². The molecule has 4 nitrogen and oxygen atoms in total. The van der Waals surface area contributed by atoms with Gasteiger partial charge in [-0.15, -0.1) is 10.2 Å². The molecule has 0 bridgehead atoms. The maximum Gasteiger partial charge on any atom is 0.136 e. The average Bonchev–Trinajstić information content (AvgIpc) is 2.99. The van der Waals surface area contributed by atoms with Crippen LogP contribution in [0.25, 0.3) is 0 Å².